The van der Waals surface area contributed by atoms with Crippen LogP contribution in [-0.4, -0.2) is 28.4 Å². The maximum Gasteiger partial charge on any atom is 0.282 e. The fraction of sp³-hybridized carbons (Fsp3) is 0.185. The van der Waals surface area contributed by atoms with E-state index in [1.54, 1.807) is 60.8 Å². The van der Waals surface area contributed by atoms with Crippen molar-refractivity contribution in [1.82, 2.24) is 9.66 Å². The second-order valence-electron chi connectivity index (χ2n) is 8.07. The summed E-state index contributed by atoms with van der Waals surface area (Å²) in [6.45, 7) is 1.96. The Kier molecular flexibility index (Phi) is 8.51. The highest BCUT2D eigenvalue weighted by Gasteiger charge is 2.11. The van der Waals surface area contributed by atoms with Gasteiger partial charge in [-0.1, -0.05) is 40.9 Å². The molecule has 0 fully saturated rings. The van der Waals surface area contributed by atoms with Crippen LogP contribution in [0.25, 0.3) is 10.9 Å². The first-order chi connectivity index (χ1) is 17.4. The van der Waals surface area contributed by atoms with Gasteiger partial charge in [-0.05, 0) is 78.7 Å². The van der Waals surface area contributed by atoms with Gasteiger partial charge in [0.15, 0.2) is 6.61 Å². The largest absolute Gasteiger partial charge is 0.484 e. The number of aryl methyl sites for hydroxylation is 1. The number of rotatable bonds is 9. The van der Waals surface area contributed by atoms with Crippen LogP contribution in [0.5, 0.6) is 5.75 Å². The van der Waals surface area contributed by atoms with E-state index in [-0.39, 0.29) is 18.1 Å². The van der Waals surface area contributed by atoms with E-state index < -0.39 is 0 Å². The average molecular weight is 568 g/mol. The van der Waals surface area contributed by atoms with E-state index in [1.165, 1.54) is 4.68 Å². The van der Waals surface area contributed by atoms with Gasteiger partial charge in [0.25, 0.3) is 11.5 Å². The molecule has 184 valence electrons. The first-order valence-corrected chi connectivity index (χ1v) is 12.6. The number of carbonyl (C=O) groups excluding carboxylic acids is 1. The number of unbranched alkanes of at least 4 members (excludes halogenated alkanes) is 1. The minimum absolute atomic E-state index is 0.134. The molecule has 0 spiro atoms. The van der Waals surface area contributed by atoms with E-state index in [2.05, 4.69) is 38.3 Å². The van der Waals surface area contributed by atoms with Crippen molar-refractivity contribution in [2.75, 3.05) is 11.9 Å². The molecule has 4 rings (SSSR count). The molecule has 0 saturated heterocycles. The zero-order chi connectivity index (χ0) is 25.5. The SMILES string of the molecule is CCCCc1nc2ccc(Br)cc2c(=O)n1N=Cc1ccc(OCC(=O)Nc2ccc(Cl)cc2)cc1. The van der Waals surface area contributed by atoms with Gasteiger partial charge in [0.1, 0.15) is 11.6 Å². The number of halogens is 2. The van der Waals surface area contributed by atoms with Crippen LogP contribution in [0.2, 0.25) is 5.02 Å². The molecule has 1 N–H and O–H groups in total. The van der Waals surface area contributed by atoms with Gasteiger partial charge in [-0.2, -0.15) is 9.78 Å². The molecule has 1 aromatic heterocycles. The first-order valence-electron chi connectivity index (χ1n) is 11.5. The zero-order valence-electron chi connectivity index (χ0n) is 19.6. The molecule has 0 radical (unpaired) electrons. The molecule has 3 aromatic carbocycles. The molecule has 0 saturated carbocycles. The number of anilines is 1. The third kappa shape index (κ3) is 6.59. The summed E-state index contributed by atoms with van der Waals surface area (Å²) in [6, 6.07) is 19.4. The normalized spacial score (nSPS) is 11.2. The number of fused-ring (bicyclic) bond motifs is 1. The van der Waals surface area contributed by atoms with Crippen molar-refractivity contribution >= 4 is 56.2 Å². The van der Waals surface area contributed by atoms with Crippen molar-refractivity contribution in [2.24, 2.45) is 5.10 Å². The number of amides is 1. The number of hydrogen-bond donors (Lipinski definition) is 1. The van der Waals surface area contributed by atoms with Crippen molar-refractivity contribution in [3.8, 4) is 5.75 Å². The molecule has 9 heteroatoms. The topological polar surface area (TPSA) is 85.6 Å². The molecule has 7 nitrogen and oxygen atoms in total. The highest BCUT2D eigenvalue weighted by molar-refractivity contribution is 9.10. The Hall–Kier alpha value is -3.49. The Bertz CT molecular complexity index is 1450. The van der Waals surface area contributed by atoms with Gasteiger partial charge in [0.2, 0.25) is 0 Å². The summed E-state index contributed by atoms with van der Waals surface area (Å²) in [5, 5.41) is 8.30. The smallest absolute Gasteiger partial charge is 0.282 e. The van der Waals surface area contributed by atoms with E-state index in [0.29, 0.717) is 39.6 Å². The lowest BCUT2D eigenvalue weighted by Gasteiger charge is -2.09. The molecule has 1 heterocycles. The predicted molar refractivity (Wildman–Crippen MR) is 147 cm³/mol. The molecular weight excluding hydrogens is 544 g/mol. The lowest BCUT2D eigenvalue weighted by Crippen LogP contribution is -2.22. The summed E-state index contributed by atoms with van der Waals surface area (Å²) in [6.07, 6.45) is 4.15. The Balaban J connectivity index is 1.45. The highest BCUT2D eigenvalue weighted by Crippen LogP contribution is 2.17. The third-order valence-corrected chi connectivity index (χ3v) is 6.07. The number of benzene rings is 3. The lowest BCUT2D eigenvalue weighted by molar-refractivity contribution is -0.118. The number of carbonyl (C=O) groups is 1. The van der Waals surface area contributed by atoms with E-state index >= 15 is 0 Å². The second-order valence-corrected chi connectivity index (χ2v) is 9.42. The summed E-state index contributed by atoms with van der Waals surface area (Å²) in [5.74, 6) is 0.883. The van der Waals surface area contributed by atoms with Crippen LogP contribution in [0.4, 0.5) is 5.69 Å². The number of ether oxygens (including phenoxy) is 1. The molecule has 0 bridgehead atoms. The quantitative estimate of drug-likeness (QED) is 0.249. The summed E-state index contributed by atoms with van der Waals surface area (Å²) in [4.78, 5) is 30.0. The highest BCUT2D eigenvalue weighted by atomic mass is 79.9. The van der Waals surface area contributed by atoms with Crippen LogP contribution in [0, 0.1) is 0 Å². The number of nitrogens with one attached hydrogen (secondary N) is 1. The van der Waals surface area contributed by atoms with Crippen molar-refractivity contribution in [3.63, 3.8) is 0 Å². The van der Waals surface area contributed by atoms with Crippen molar-refractivity contribution in [2.45, 2.75) is 26.2 Å². The van der Waals surface area contributed by atoms with E-state index in [9.17, 15) is 9.59 Å². The summed E-state index contributed by atoms with van der Waals surface area (Å²) in [7, 11) is 0. The van der Waals surface area contributed by atoms with Gasteiger partial charge >= 0.3 is 0 Å². The lowest BCUT2D eigenvalue weighted by atomic mass is 10.2. The summed E-state index contributed by atoms with van der Waals surface area (Å²) < 4.78 is 7.75. The Morgan fingerprint density at radius 1 is 1.14 bits per heavy atom. The van der Waals surface area contributed by atoms with Gasteiger partial charge in [0, 0.05) is 21.6 Å². The second kappa shape index (κ2) is 12.0. The van der Waals surface area contributed by atoms with Crippen molar-refractivity contribution in [1.29, 1.82) is 0 Å². The molecule has 0 unspecified atom stereocenters. The Morgan fingerprint density at radius 2 is 1.89 bits per heavy atom. The van der Waals surface area contributed by atoms with E-state index in [1.807, 2.05) is 12.1 Å². The monoisotopic (exact) mass is 566 g/mol. The molecule has 4 aromatic rings. The van der Waals surface area contributed by atoms with Gasteiger partial charge in [-0.25, -0.2) is 4.98 Å². The third-order valence-electron chi connectivity index (χ3n) is 5.33. The fourth-order valence-electron chi connectivity index (χ4n) is 3.46. The standard InChI is InChI=1S/C27H24BrClN4O3/c1-2-3-4-25-32-24-14-7-19(28)15-23(24)27(35)33(25)30-16-18-5-12-22(13-6-18)36-17-26(34)31-21-10-8-20(29)9-11-21/h5-16H,2-4,17H2,1H3,(H,31,34). The molecule has 0 atom stereocenters. The maximum absolute atomic E-state index is 13.2. The van der Waals surface area contributed by atoms with Crippen molar-refractivity contribution in [3.05, 3.63) is 98.0 Å². The molecule has 0 aliphatic carbocycles. The van der Waals surface area contributed by atoms with Gasteiger partial charge < -0.3 is 10.1 Å². The van der Waals surface area contributed by atoms with Crippen LogP contribution in [0.3, 0.4) is 0 Å². The maximum atomic E-state index is 13.2. The molecule has 0 aliphatic rings. The molecule has 36 heavy (non-hydrogen) atoms. The Morgan fingerprint density at radius 3 is 2.61 bits per heavy atom. The van der Waals surface area contributed by atoms with Crippen LogP contribution in [0.1, 0.15) is 31.2 Å². The van der Waals surface area contributed by atoms with Crippen LogP contribution in [0.15, 0.2) is 81.1 Å². The van der Waals surface area contributed by atoms with Crippen molar-refractivity contribution < 1.29 is 9.53 Å². The summed E-state index contributed by atoms with van der Waals surface area (Å²) >= 11 is 9.27. The van der Waals surface area contributed by atoms with Crippen LogP contribution in [-0.2, 0) is 11.2 Å². The fourth-order valence-corrected chi connectivity index (χ4v) is 3.95. The van der Waals surface area contributed by atoms with Gasteiger partial charge in [-0.3, -0.25) is 9.59 Å². The number of hydrogen-bond acceptors (Lipinski definition) is 5. The zero-order valence-corrected chi connectivity index (χ0v) is 21.9. The minimum atomic E-state index is -0.280. The van der Waals surface area contributed by atoms with Crippen LogP contribution < -0.4 is 15.6 Å². The van der Waals surface area contributed by atoms with Crippen LogP contribution >= 0.6 is 27.5 Å². The Labute approximate surface area is 221 Å². The number of nitrogens with zero attached hydrogens (tertiary/aromatic N) is 3. The predicted octanol–water partition coefficient (Wildman–Crippen LogP) is 6.05. The minimum Gasteiger partial charge on any atom is -0.484 e. The molecular formula is C27H24BrClN4O3. The number of aromatic nitrogens is 2. The molecule has 1 amide bonds. The van der Waals surface area contributed by atoms with E-state index in [0.717, 1.165) is 22.9 Å². The van der Waals surface area contributed by atoms with Gasteiger partial charge in [0.05, 0.1) is 17.1 Å². The van der Waals surface area contributed by atoms with Gasteiger partial charge in [-0.15, -0.1) is 0 Å². The summed E-state index contributed by atoms with van der Waals surface area (Å²) in [5.41, 5.74) is 1.86. The van der Waals surface area contributed by atoms with E-state index in [4.69, 9.17) is 16.3 Å². The molecule has 0 aliphatic heterocycles. The first kappa shape index (κ1) is 25.6. The average Bonchev–Trinajstić information content (AvgIpc) is 2.88.